The minimum Gasteiger partial charge on any atom is -0.454 e. The number of nitrogens with zero attached hydrogens (tertiary/aromatic N) is 1. The fourth-order valence-electron chi connectivity index (χ4n) is 3.44. The molecule has 0 atom stereocenters. The molecule has 1 N–H and O–H groups in total. The molecule has 0 aliphatic rings. The van der Waals surface area contributed by atoms with Gasteiger partial charge in [0.05, 0.1) is 5.69 Å². The third-order valence-corrected chi connectivity index (χ3v) is 4.85. The van der Waals surface area contributed by atoms with E-state index in [-0.39, 0.29) is 5.63 Å². The lowest BCUT2D eigenvalue weighted by Gasteiger charge is -2.08. The standard InChI is InChI=1S/C23H24N2O3/c1-13(2)10-24-11-16-12-25-15(4)23-18(16)8-21(28-23)19-9-22(26)27-20-7-14(3)5-6-17(19)20/h5-9,12-13,24H,10-11H2,1-4H3. The van der Waals surface area contributed by atoms with E-state index in [2.05, 4.69) is 24.1 Å². The van der Waals surface area contributed by atoms with Crippen LogP contribution in [0, 0.1) is 19.8 Å². The van der Waals surface area contributed by atoms with E-state index in [0.29, 0.717) is 17.3 Å². The molecule has 0 spiro atoms. The van der Waals surface area contributed by atoms with Crippen LogP contribution in [0.5, 0.6) is 0 Å². The van der Waals surface area contributed by atoms with Gasteiger partial charge in [-0.25, -0.2) is 4.79 Å². The molecule has 0 saturated carbocycles. The monoisotopic (exact) mass is 376 g/mol. The van der Waals surface area contributed by atoms with E-state index in [4.69, 9.17) is 8.83 Å². The van der Waals surface area contributed by atoms with Crippen LogP contribution in [0.4, 0.5) is 0 Å². The lowest BCUT2D eigenvalue weighted by atomic mass is 10.1. The number of rotatable bonds is 5. The zero-order valence-corrected chi connectivity index (χ0v) is 16.6. The van der Waals surface area contributed by atoms with Crippen LogP contribution in [-0.4, -0.2) is 11.5 Å². The fourth-order valence-corrected chi connectivity index (χ4v) is 3.44. The van der Waals surface area contributed by atoms with Crippen LogP contribution in [-0.2, 0) is 6.54 Å². The summed E-state index contributed by atoms with van der Waals surface area (Å²) in [6.45, 7) is 9.92. The van der Waals surface area contributed by atoms with Crippen molar-refractivity contribution in [2.45, 2.75) is 34.2 Å². The Bertz CT molecular complexity index is 1220. The Labute approximate surface area is 163 Å². The smallest absolute Gasteiger partial charge is 0.336 e. The second-order valence-electron chi connectivity index (χ2n) is 7.73. The summed E-state index contributed by atoms with van der Waals surface area (Å²) in [5.74, 6) is 1.23. The molecule has 144 valence electrons. The summed E-state index contributed by atoms with van der Waals surface area (Å²) >= 11 is 0. The molecule has 5 nitrogen and oxygen atoms in total. The molecule has 0 amide bonds. The predicted octanol–water partition coefficient (Wildman–Crippen LogP) is 4.96. The van der Waals surface area contributed by atoms with E-state index in [0.717, 1.165) is 51.8 Å². The van der Waals surface area contributed by atoms with Gasteiger partial charge in [-0.3, -0.25) is 4.98 Å². The van der Waals surface area contributed by atoms with Crippen LogP contribution in [0.15, 0.2) is 50.2 Å². The van der Waals surface area contributed by atoms with E-state index in [1.54, 1.807) is 0 Å². The molecule has 4 aromatic rings. The summed E-state index contributed by atoms with van der Waals surface area (Å²) in [5, 5.41) is 5.34. The average Bonchev–Trinajstić information content (AvgIpc) is 3.08. The van der Waals surface area contributed by atoms with Crippen LogP contribution >= 0.6 is 0 Å². The van der Waals surface area contributed by atoms with Gasteiger partial charge in [0.25, 0.3) is 0 Å². The predicted molar refractivity (Wildman–Crippen MR) is 112 cm³/mol. The van der Waals surface area contributed by atoms with Crippen molar-refractivity contribution >= 4 is 21.9 Å². The number of benzene rings is 1. The van der Waals surface area contributed by atoms with Crippen molar-refractivity contribution in [1.29, 1.82) is 0 Å². The van der Waals surface area contributed by atoms with Crippen LogP contribution in [0.2, 0.25) is 0 Å². The van der Waals surface area contributed by atoms with Gasteiger partial charge in [0.15, 0.2) is 5.58 Å². The maximum absolute atomic E-state index is 12.1. The Balaban J connectivity index is 1.85. The zero-order chi connectivity index (χ0) is 19.8. The number of fused-ring (bicyclic) bond motifs is 2. The number of pyridine rings is 1. The van der Waals surface area contributed by atoms with Gasteiger partial charge >= 0.3 is 5.63 Å². The third kappa shape index (κ3) is 3.45. The highest BCUT2D eigenvalue weighted by Crippen LogP contribution is 2.34. The molecule has 0 aliphatic heterocycles. The molecule has 0 saturated heterocycles. The molecule has 4 rings (SSSR count). The molecule has 0 bridgehead atoms. The van der Waals surface area contributed by atoms with Crippen molar-refractivity contribution in [3.8, 4) is 11.3 Å². The van der Waals surface area contributed by atoms with Crippen molar-refractivity contribution in [1.82, 2.24) is 10.3 Å². The summed E-state index contributed by atoms with van der Waals surface area (Å²) in [5.41, 5.74) is 4.63. The molecule has 0 unspecified atom stereocenters. The Hall–Kier alpha value is -2.92. The van der Waals surface area contributed by atoms with Crippen LogP contribution in [0.1, 0.15) is 30.7 Å². The van der Waals surface area contributed by atoms with Gasteiger partial charge in [0.2, 0.25) is 0 Å². The first kappa shape index (κ1) is 18.4. The van der Waals surface area contributed by atoms with Gasteiger partial charge in [-0.15, -0.1) is 0 Å². The molecular weight excluding hydrogens is 352 g/mol. The van der Waals surface area contributed by atoms with E-state index < -0.39 is 0 Å². The number of nitrogens with one attached hydrogen (secondary N) is 1. The maximum atomic E-state index is 12.1. The normalized spacial score (nSPS) is 11.8. The van der Waals surface area contributed by atoms with Crippen LogP contribution < -0.4 is 10.9 Å². The summed E-state index contributed by atoms with van der Waals surface area (Å²) in [4.78, 5) is 16.6. The van der Waals surface area contributed by atoms with E-state index in [1.807, 2.05) is 44.3 Å². The first-order valence-corrected chi connectivity index (χ1v) is 9.56. The molecule has 0 radical (unpaired) electrons. The molecule has 3 heterocycles. The number of hydrogen-bond donors (Lipinski definition) is 1. The van der Waals surface area contributed by atoms with Gasteiger partial charge in [0, 0.05) is 35.1 Å². The molecule has 1 aromatic carbocycles. The van der Waals surface area contributed by atoms with Gasteiger partial charge < -0.3 is 14.2 Å². The molecule has 3 aromatic heterocycles. The first-order valence-electron chi connectivity index (χ1n) is 9.56. The van der Waals surface area contributed by atoms with Crippen molar-refractivity contribution in [3.63, 3.8) is 0 Å². The molecule has 0 aliphatic carbocycles. The lowest BCUT2D eigenvalue weighted by Crippen LogP contribution is -2.19. The van der Waals surface area contributed by atoms with E-state index >= 15 is 0 Å². The van der Waals surface area contributed by atoms with Crippen LogP contribution in [0.3, 0.4) is 0 Å². The summed E-state index contributed by atoms with van der Waals surface area (Å²) in [6.07, 6.45) is 1.89. The quantitative estimate of drug-likeness (QED) is 0.498. The fraction of sp³-hybridized carbons (Fsp3) is 0.304. The number of furan rings is 1. The summed E-state index contributed by atoms with van der Waals surface area (Å²) in [7, 11) is 0. The van der Waals surface area contributed by atoms with Gasteiger partial charge in [-0.05, 0) is 49.6 Å². The number of hydrogen-bond acceptors (Lipinski definition) is 5. The lowest BCUT2D eigenvalue weighted by molar-refractivity contribution is 0.552. The van der Waals surface area contributed by atoms with Crippen molar-refractivity contribution in [2.24, 2.45) is 5.92 Å². The van der Waals surface area contributed by atoms with E-state index in [1.165, 1.54) is 6.07 Å². The van der Waals surface area contributed by atoms with Gasteiger partial charge in [0.1, 0.15) is 11.3 Å². The maximum Gasteiger partial charge on any atom is 0.336 e. The molecular formula is C23H24N2O3. The Morgan fingerprint density at radius 3 is 2.68 bits per heavy atom. The summed E-state index contributed by atoms with van der Waals surface area (Å²) in [6, 6.07) is 9.34. The van der Waals surface area contributed by atoms with Gasteiger partial charge in [-0.1, -0.05) is 26.0 Å². The van der Waals surface area contributed by atoms with Crippen molar-refractivity contribution in [3.05, 3.63) is 63.8 Å². The minimum atomic E-state index is -0.387. The summed E-state index contributed by atoms with van der Waals surface area (Å²) < 4.78 is 11.6. The van der Waals surface area contributed by atoms with Crippen molar-refractivity contribution in [2.75, 3.05) is 6.54 Å². The zero-order valence-electron chi connectivity index (χ0n) is 16.6. The van der Waals surface area contributed by atoms with Crippen LogP contribution in [0.25, 0.3) is 33.3 Å². The minimum absolute atomic E-state index is 0.387. The highest BCUT2D eigenvalue weighted by molar-refractivity contribution is 5.95. The molecule has 5 heteroatoms. The highest BCUT2D eigenvalue weighted by atomic mass is 16.4. The topological polar surface area (TPSA) is 68.3 Å². The molecule has 0 fully saturated rings. The Morgan fingerprint density at radius 1 is 1.07 bits per heavy atom. The van der Waals surface area contributed by atoms with Gasteiger partial charge in [-0.2, -0.15) is 0 Å². The first-order chi connectivity index (χ1) is 13.4. The SMILES string of the molecule is Cc1ccc2c(-c3cc4c(CNCC(C)C)cnc(C)c4o3)cc(=O)oc2c1. The Kier molecular flexibility index (Phi) is 4.77. The third-order valence-electron chi connectivity index (χ3n) is 4.85. The molecule has 28 heavy (non-hydrogen) atoms. The average molecular weight is 376 g/mol. The van der Waals surface area contributed by atoms with Crippen molar-refractivity contribution < 1.29 is 8.83 Å². The largest absolute Gasteiger partial charge is 0.454 e. The highest BCUT2D eigenvalue weighted by Gasteiger charge is 2.16. The Morgan fingerprint density at radius 2 is 1.89 bits per heavy atom. The second-order valence-corrected chi connectivity index (χ2v) is 7.73. The number of aryl methyl sites for hydroxylation is 2. The second kappa shape index (κ2) is 7.24. The van der Waals surface area contributed by atoms with E-state index in [9.17, 15) is 4.79 Å². The number of aromatic nitrogens is 1.